The van der Waals surface area contributed by atoms with Crippen LogP contribution < -0.4 is 0 Å². The number of allylic oxidation sites excluding steroid dienone is 2. The summed E-state index contributed by atoms with van der Waals surface area (Å²) in [6.07, 6.45) is 12.8. The number of aliphatic hydroxyl groups excluding tert-OH is 1. The number of carboxylic acids is 1. The van der Waals surface area contributed by atoms with Gasteiger partial charge in [0.2, 0.25) is 0 Å². The molecule has 5 aliphatic carbocycles. The molecule has 0 aromatic rings. The first-order valence-corrected chi connectivity index (χ1v) is 13.6. The number of hydrogen-bond donors (Lipinski definition) is 2. The molecule has 5 heteroatoms. The van der Waals surface area contributed by atoms with E-state index in [0.29, 0.717) is 17.8 Å². The van der Waals surface area contributed by atoms with Crippen molar-refractivity contribution in [2.45, 2.75) is 112 Å². The molecule has 0 saturated heterocycles. The van der Waals surface area contributed by atoms with Crippen LogP contribution in [-0.2, 0) is 4.79 Å². The van der Waals surface area contributed by atoms with Gasteiger partial charge in [-0.2, -0.15) is 0 Å². The summed E-state index contributed by atoms with van der Waals surface area (Å²) in [4.78, 5) is 12.7. The summed E-state index contributed by atoms with van der Waals surface area (Å²) in [6.45, 7) is 14.6. The highest BCUT2D eigenvalue weighted by atomic mass is 20.0. The number of hydrogen-bond acceptors (Lipinski definition) is 2. The molecule has 34 heavy (non-hydrogen) atoms. The van der Waals surface area contributed by atoms with Gasteiger partial charge in [-0.25, -0.2) is 0 Å². The molecule has 0 radical (unpaired) electrons. The first-order chi connectivity index (χ1) is 15.8. The minimum Gasteiger partial charge on any atom is -0.481 e. The topological polar surface area (TPSA) is 57.5 Å². The van der Waals surface area contributed by atoms with Crippen LogP contribution in [0.2, 0.25) is 0 Å². The Labute approximate surface area is 204 Å². The Bertz CT molecular complexity index is 854. The van der Waals surface area contributed by atoms with Crippen molar-refractivity contribution in [1.82, 2.24) is 0 Å². The second-order valence-corrected chi connectivity index (χ2v) is 14.2. The van der Waals surface area contributed by atoms with Crippen molar-refractivity contribution in [3.05, 3.63) is 11.6 Å². The molecule has 4 saturated carbocycles. The third kappa shape index (κ3) is 3.30. The van der Waals surface area contributed by atoms with Gasteiger partial charge in [0.15, 0.2) is 0 Å². The number of fused-ring (bicyclic) bond motifs is 7. The van der Waals surface area contributed by atoms with Crippen molar-refractivity contribution in [3.63, 3.8) is 0 Å². The summed E-state index contributed by atoms with van der Waals surface area (Å²) < 4.78 is 16.0. The van der Waals surface area contributed by atoms with E-state index in [1.54, 1.807) is 0 Å². The zero-order valence-electron chi connectivity index (χ0n) is 22.1. The molecule has 4 fully saturated rings. The lowest BCUT2D eigenvalue weighted by Gasteiger charge is -2.70. The third-order valence-corrected chi connectivity index (χ3v) is 12.6. The van der Waals surface area contributed by atoms with Crippen LogP contribution in [0.5, 0.6) is 0 Å². The highest BCUT2D eigenvalue weighted by Gasteiger charge is 2.68. The van der Waals surface area contributed by atoms with Crippen LogP contribution in [0.1, 0.15) is 106 Å². The van der Waals surface area contributed by atoms with Crippen LogP contribution >= 0.6 is 0 Å². The quantitative estimate of drug-likeness (QED) is 0.378. The van der Waals surface area contributed by atoms with Gasteiger partial charge in [0.25, 0.3) is 0 Å². The normalized spacial score (nSPS) is 51.3. The minimum absolute atomic E-state index is 0.0975. The van der Waals surface area contributed by atoms with Crippen molar-refractivity contribution < 1.29 is 24.2 Å². The van der Waals surface area contributed by atoms with Crippen molar-refractivity contribution in [2.24, 2.45) is 50.7 Å². The Balaban J connectivity index is 0.00000133. The van der Waals surface area contributed by atoms with Gasteiger partial charge in [0.1, 0.15) is 0 Å². The number of rotatable bonds is 1. The van der Waals surface area contributed by atoms with Crippen LogP contribution in [0.3, 0.4) is 0 Å². The molecule has 5 rings (SSSR count). The molecule has 2 N–H and O–H groups in total. The highest BCUT2D eigenvalue weighted by molar-refractivity contribution is 5.76. The third-order valence-electron chi connectivity index (χ3n) is 12.6. The molecule has 0 spiro atoms. The lowest BCUT2D eigenvalue weighted by Crippen LogP contribution is -2.63. The van der Waals surface area contributed by atoms with Crippen molar-refractivity contribution >= 4 is 5.97 Å². The molecule has 0 aliphatic heterocycles. The lowest BCUT2D eigenvalue weighted by atomic mass is 9.34. The molecule has 0 amide bonds. The Morgan fingerprint density at radius 2 is 1.62 bits per heavy atom. The first-order valence-electron chi connectivity index (χ1n) is 13.6. The zero-order valence-corrected chi connectivity index (χ0v) is 22.1. The SMILES string of the molecule is C[C@H]1C2CC[C@]3(C)C(CC=C4C5CC(C)(C)CC[C@]5(C(=O)O)CC[C@]43C)[C@@]2(C)CC[C@@H]1O.FF. The van der Waals surface area contributed by atoms with Gasteiger partial charge >= 0.3 is 5.97 Å². The molecule has 0 aromatic heterocycles. The monoisotopic (exact) mass is 480 g/mol. The number of aliphatic hydroxyl groups is 1. The Morgan fingerprint density at radius 3 is 2.26 bits per heavy atom. The van der Waals surface area contributed by atoms with Crippen LogP contribution in [-0.4, -0.2) is 22.3 Å². The van der Waals surface area contributed by atoms with Gasteiger partial charge in [0, 0.05) is 9.15 Å². The summed E-state index contributed by atoms with van der Waals surface area (Å²) in [5.74, 6) is 1.28. The summed E-state index contributed by atoms with van der Waals surface area (Å²) in [5.41, 5.74) is 1.79. The molecule has 0 heterocycles. The highest BCUT2D eigenvalue weighted by Crippen LogP contribution is 2.74. The zero-order chi connectivity index (χ0) is 25.3. The fraction of sp³-hybridized carbons (Fsp3) is 0.897. The van der Waals surface area contributed by atoms with E-state index in [2.05, 4.69) is 47.6 Å². The van der Waals surface area contributed by atoms with Crippen LogP contribution in [0, 0.1) is 50.7 Å². The van der Waals surface area contributed by atoms with Gasteiger partial charge in [-0.3, -0.25) is 4.79 Å². The Hall–Kier alpha value is -0.970. The number of carboxylic acid groups (broad SMARTS) is 1. The molecular weight excluding hydrogens is 434 g/mol. The van der Waals surface area contributed by atoms with E-state index in [0.717, 1.165) is 51.4 Å². The van der Waals surface area contributed by atoms with E-state index in [1.807, 2.05) is 0 Å². The summed E-state index contributed by atoms with van der Waals surface area (Å²) in [7, 11) is 0. The second kappa shape index (κ2) is 8.28. The molecule has 0 bridgehead atoms. The van der Waals surface area contributed by atoms with E-state index < -0.39 is 11.4 Å². The van der Waals surface area contributed by atoms with E-state index >= 15 is 0 Å². The van der Waals surface area contributed by atoms with Gasteiger partial charge < -0.3 is 10.2 Å². The second-order valence-electron chi connectivity index (χ2n) is 14.2. The van der Waals surface area contributed by atoms with Crippen molar-refractivity contribution in [2.75, 3.05) is 0 Å². The maximum absolute atomic E-state index is 12.7. The molecule has 3 unspecified atom stereocenters. The summed E-state index contributed by atoms with van der Waals surface area (Å²) in [6, 6.07) is 0. The Kier molecular flexibility index (Phi) is 6.36. The molecule has 5 aliphatic rings. The number of halogens is 2. The fourth-order valence-corrected chi connectivity index (χ4v) is 10.2. The fourth-order valence-electron chi connectivity index (χ4n) is 10.2. The predicted molar refractivity (Wildman–Crippen MR) is 130 cm³/mol. The van der Waals surface area contributed by atoms with E-state index in [1.165, 1.54) is 18.4 Å². The largest absolute Gasteiger partial charge is 0.481 e. The number of aliphatic carboxylic acids is 1. The summed E-state index contributed by atoms with van der Waals surface area (Å²) in [5, 5.41) is 21.1. The molecule has 9 atom stereocenters. The molecule has 0 aromatic carbocycles. The number of carbonyl (C=O) groups is 1. The van der Waals surface area contributed by atoms with E-state index in [-0.39, 0.29) is 33.7 Å². The average molecular weight is 481 g/mol. The smallest absolute Gasteiger partial charge is 0.310 e. The van der Waals surface area contributed by atoms with Crippen molar-refractivity contribution in [3.8, 4) is 0 Å². The molecular formula is C29H46F2O3. The molecule has 3 nitrogen and oxygen atoms in total. The Morgan fingerprint density at radius 1 is 0.971 bits per heavy atom. The maximum atomic E-state index is 12.7. The summed E-state index contributed by atoms with van der Waals surface area (Å²) >= 11 is 0. The molecule has 194 valence electrons. The lowest BCUT2D eigenvalue weighted by molar-refractivity contribution is -0.187. The van der Waals surface area contributed by atoms with Gasteiger partial charge in [-0.15, -0.1) is 0 Å². The minimum atomic E-state index is -0.547. The van der Waals surface area contributed by atoms with Crippen molar-refractivity contribution in [1.29, 1.82) is 0 Å². The maximum Gasteiger partial charge on any atom is 0.310 e. The van der Waals surface area contributed by atoms with Crippen LogP contribution in [0.15, 0.2) is 11.6 Å². The first kappa shape index (κ1) is 26.1. The van der Waals surface area contributed by atoms with Gasteiger partial charge in [-0.05, 0) is 110 Å². The van der Waals surface area contributed by atoms with Crippen LogP contribution in [0.4, 0.5) is 9.15 Å². The standard InChI is InChI=1S/C29H46O3.F2/c1-18-19-9-12-28(6)23(26(19,4)11-10-22(18)30)8-7-20-21-17-25(2,3)13-15-29(21,24(31)32)16-14-27(20,28)5;1-2/h7,18-19,21-23,30H,8-17H2,1-6H3,(H,31,32);/t18-,19?,21?,22-,23?,26-,27+,28+,29-;/m0./s1. The van der Waals surface area contributed by atoms with E-state index in [9.17, 15) is 15.0 Å². The average Bonchev–Trinajstić information content (AvgIpc) is 2.78. The van der Waals surface area contributed by atoms with E-state index in [4.69, 9.17) is 9.15 Å². The predicted octanol–water partition coefficient (Wildman–Crippen LogP) is 7.68. The van der Waals surface area contributed by atoms with Crippen LogP contribution in [0.25, 0.3) is 0 Å². The van der Waals surface area contributed by atoms with Gasteiger partial charge in [-0.1, -0.05) is 53.2 Å². The van der Waals surface area contributed by atoms with Gasteiger partial charge in [0.05, 0.1) is 11.5 Å².